The first-order chi connectivity index (χ1) is 16.8. The minimum absolute atomic E-state index is 0.0240. The van der Waals surface area contributed by atoms with E-state index >= 15 is 0 Å². The number of aryl methyl sites for hydroxylation is 1. The third kappa shape index (κ3) is 7.76. The number of piperidine rings is 1. The van der Waals surface area contributed by atoms with Gasteiger partial charge in [0.05, 0.1) is 10.8 Å². The van der Waals surface area contributed by atoms with Gasteiger partial charge in [-0.3, -0.25) is 25.2 Å². The molecule has 0 radical (unpaired) electrons. The lowest BCUT2D eigenvalue weighted by atomic mass is 9.99. The number of hydrazine groups is 1. The van der Waals surface area contributed by atoms with Crippen molar-refractivity contribution in [1.82, 2.24) is 20.5 Å². The van der Waals surface area contributed by atoms with Crippen LogP contribution in [-0.2, 0) is 24.4 Å². The average Bonchev–Trinajstić information content (AvgIpc) is 2.87. The molecule has 0 aromatic heterocycles. The second-order valence-electron chi connectivity index (χ2n) is 8.34. The van der Waals surface area contributed by atoms with Gasteiger partial charge in [-0.25, -0.2) is 8.42 Å². The molecule has 0 aliphatic carbocycles. The molecule has 1 atom stereocenters. The molecule has 0 spiro atoms. The van der Waals surface area contributed by atoms with Crippen LogP contribution in [0.2, 0.25) is 0 Å². The molecule has 3 rings (SSSR count). The van der Waals surface area contributed by atoms with E-state index in [9.17, 15) is 22.8 Å². The molecule has 1 aliphatic rings. The van der Waals surface area contributed by atoms with E-state index in [1.807, 2.05) is 37.3 Å². The van der Waals surface area contributed by atoms with E-state index in [2.05, 4.69) is 16.2 Å². The zero-order valence-corrected chi connectivity index (χ0v) is 20.4. The van der Waals surface area contributed by atoms with Crippen LogP contribution in [0.25, 0.3) is 6.08 Å². The van der Waals surface area contributed by atoms with Gasteiger partial charge in [0.25, 0.3) is 0 Å². The van der Waals surface area contributed by atoms with Crippen molar-refractivity contribution in [1.29, 1.82) is 0 Å². The number of nitrogens with zero attached hydrogens (tertiary/aromatic N) is 1. The second kappa shape index (κ2) is 12.3. The molecule has 0 saturated carbocycles. The molecule has 1 unspecified atom stereocenters. The second-order valence-corrected chi connectivity index (χ2v) is 10.3. The summed E-state index contributed by atoms with van der Waals surface area (Å²) in [5.41, 5.74) is 6.54. The van der Waals surface area contributed by atoms with Crippen LogP contribution in [0.5, 0.6) is 0 Å². The fourth-order valence-corrected chi connectivity index (χ4v) is 5.15. The summed E-state index contributed by atoms with van der Waals surface area (Å²) in [6.07, 6.45) is 4.09. The highest BCUT2D eigenvalue weighted by atomic mass is 32.2. The van der Waals surface area contributed by atoms with Crippen molar-refractivity contribution < 1.29 is 22.8 Å². The Morgan fingerprint density at radius 2 is 1.74 bits per heavy atom. The van der Waals surface area contributed by atoms with Crippen LogP contribution in [0, 0.1) is 12.8 Å². The van der Waals surface area contributed by atoms with Crippen molar-refractivity contribution in [2.45, 2.75) is 31.1 Å². The highest BCUT2D eigenvalue weighted by Crippen LogP contribution is 2.24. The van der Waals surface area contributed by atoms with Gasteiger partial charge in [-0.2, -0.15) is 4.31 Å². The number of benzene rings is 2. The quantitative estimate of drug-likeness (QED) is 0.378. The van der Waals surface area contributed by atoms with E-state index in [-0.39, 0.29) is 30.3 Å². The molecule has 1 fully saturated rings. The van der Waals surface area contributed by atoms with Crippen LogP contribution < -0.4 is 16.2 Å². The number of sulfonamides is 1. The SMILES string of the molecule is Cc1ccc(S(=O)(=O)N2CCCC(C(=O)NNC(=O)CCNC(=O)/C=C/c3ccccc3)C2)cc1. The number of carbonyl (C=O) groups excluding carboxylic acids is 3. The molecule has 2 aromatic rings. The van der Waals surface area contributed by atoms with Crippen molar-refractivity contribution in [3.63, 3.8) is 0 Å². The number of hydrogen-bond donors (Lipinski definition) is 3. The Kier molecular flexibility index (Phi) is 9.16. The third-order valence-electron chi connectivity index (χ3n) is 5.62. The Hall–Kier alpha value is -3.50. The van der Waals surface area contributed by atoms with Gasteiger partial charge in [0, 0.05) is 32.1 Å². The number of rotatable bonds is 8. The Bertz CT molecular complexity index is 1160. The molecule has 2 aromatic carbocycles. The van der Waals surface area contributed by atoms with Gasteiger partial charge in [0.15, 0.2) is 0 Å². The summed E-state index contributed by atoms with van der Waals surface area (Å²) in [5.74, 6) is -1.82. The molecule has 3 N–H and O–H groups in total. The molecule has 1 aliphatic heterocycles. The van der Waals surface area contributed by atoms with Crippen LogP contribution >= 0.6 is 0 Å². The van der Waals surface area contributed by atoms with E-state index in [1.54, 1.807) is 30.3 Å². The number of amides is 3. The van der Waals surface area contributed by atoms with E-state index in [4.69, 9.17) is 0 Å². The summed E-state index contributed by atoms with van der Waals surface area (Å²) in [4.78, 5) is 36.6. The lowest BCUT2D eigenvalue weighted by Crippen LogP contribution is -2.50. The van der Waals surface area contributed by atoms with Crippen LogP contribution in [0.15, 0.2) is 65.6 Å². The maximum absolute atomic E-state index is 12.9. The summed E-state index contributed by atoms with van der Waals surface area (Å²) in [7, 11) is -3.70. The smallest absolute Gasteiger partial charge is 0.244 e. The number of carbonyl (C=O) groups is 3. The van der Waals surface area contributed by atoms with Crippen LogP contribution in [-0.4, -0.2) is 50.1 Å². The first-order valence-electron chi connectivity index (χ1n) is 11.4. The topological polar surface area (TPSA) is 125 Å². The van der Waals surface area contributed by atoms with Crippen molar-refractivity contribution >= 4 is 33.8 Å². The van der Waals surface area contributed by atoms with E-state index in [0.717, 1.165) is 11.1 Å². The molecular formula is C25H30N4O5S. The van der Waals surface area contributed by atoms with Crippen molar-refractivity contribution in [2.24, 2.45) is 5.92 Å². The van der Waals surface area contributed by atoms with Crippen molar-refractivity contribution in [3.8, 4) is 0 Å². The molecule has 3 amide bonds. The minimum Gasteiger partial charge on any atom is -0.352 e. The van der Waals surface area contributed by atoms with Gasteiger partial charge >= 0.3 is 0 Å². The molecule has 1 saturated heterocycles. The van der Waals surface area contributed by atoms with Gasteiger partial charge in [-0.1, -0.05) is 48.0 Å². The molecule has 186 valence electrons. The fraction of sp³-hybridized carbons (Fsp3) is 0.320. The maximum Gasteiger partial charge on any atom is 0.244 e. The Balaban J connectivity index is 1.40. The first-order valence-corrected chi connectivity index (χ1v) is 12.9. The number of hydrogen-bond acceptors (Lipinski definition) is 5. The Morgan fingerprint density at radius 1 is 1.03 bits per heavy atom. The van der Waals surface area contributed by atoms with E-state index < -0.39 is 27.8 Å². The molecule has 0 bridgehead atoms. The van der Waals surface area contributed by atoms with Crippen LogP contribution in [0.4, 0.5) is 0 Å². The van der Waals surface area contributed by atoms with Crippen molar-refractivity contribution in [2.75, 3.05) is 19.6 Å². The van der Waals surface area contributed by atoms with Gasteiger partial charge in [0.1, 0.15) is 0 Å². The molecule has 9 nitrogen and oxygen atoms in total. The highest BCUT2D eigenvalue weighted by molar-refractivity contribution is 7.89. The summed E-state index contributed by atoms with van der Waals surface area (Å²) in [6.45, 7) is 2.36. The van der Waals surface area contributed by atoms with E-state index in [1.165, 1.54) is 10.4 Å². The molecule has 10 heteroatoms. The Labute approximate surface area is 205 Å². The summed E-state index contributed by atoms with van der Waals surface area (Å²) in [5, 5.41) is 2.60. The predicted octanol–water partition coefficient (Wildman–Crippen LogP) is 1.76. The third-order valence-corrected chi connectivity index (χ3v) is 7.50. The van der Waals surface area contributed by atoms with Gasteiger partial charge in [0.2, 0.25) is 27.7 Å². The zero-order chi connectivity index (χ0) is 25.3. The average molecular weight is 499 g/mol. The summed E-state index contributed by atoms with van der Waals surface area (Å²) < 4.78 is 27.1. The molecular weight excluding hydrogens is 468 g/mol. The first kappa shape index (κ1) is 26.1. The van der Waals surface area contributed by atoms with Gasteiger partial charge < -0.3 is 5.32 Å². The summed E-state index contributed by atoms with van der Waals surface area (Å²) in [6, 6.07) is 15.9. The van der Waals surface area contributed by atoms with Crippen LogP contribution in [0.3, 0.4) is 0 Å². The van der Waals surface area contributed by atoms with E-state index in [0.29, 0.717) is 19.4 Å². The number of nitrogens with one attached hydrogen (secondary N) is 3. The fourth-order valence-electron chi connectivity index (χ4n) is 3.62. The van der Waals surface area contributed by atoms with Crippen molar-refractivity contribution in [3.05, 3.63) is 71.8 Å². The standard InChI is InChI=1S/C25H30N4O5S/c1-19-9-12-22(13-10-19)35(33,34)29-17-5-8-21(18-29)25(32)28-27-24(31)15-16-26-23(30)14-11-20-6-3-2-4-7-20/h2-4,6-7,9-14,21H,5,8,15-18H2,1H3,(H,26,30)(H,27,31)(H,28,32)/b14-11+. The zero-order valence-electron chi connectivity index (χ0n) is 19.6. The highest BCUT2D eigenvalue weighted by Gasteiger charge is 2.33. The lowest BCUT2D eigenvalue weighted by molar-refractivity contribution is -0.132. The minimum atomic E-state index is -3.70. The normalized spacial score (nSPS) is 16.5. The van der Waals surface area contributed by atoms with Gasteiger partial charge in [-0.15, -0.1) is 0 Å². The van der Waals surface area contributed by atoms with Crippen LogP contribution in [0.1, 0.15) is 30.4 Å². The molecule has 1 heterocycles. The monoisotopic (exact) mass is 498 g/mol. The lowest BCUT2D eigenvalue weighted by Gasteiger charge is -2.31. The maximum atomic E-state index is 12.9. The molecule has 35 heavy (non-hydrogen) atoms. The predicted molar refractivity (Wildman–Crippen MR) is 132 cm³/mol. The Morgan fingerprint density at radius 3 is 2.46 bits per heavy atom. The summed E-state index contributed by atoms with van der Waals surface area (Å²) >= 11 is 0. The largest absolute Gasteiger partial charge is 0.352 e. The van der Waals surface area contributed by atoms with Gasteiger partial charge in [-0.05, 0) is 43.5 Å².